The van der Waals surface area contributed by atoms with Crippen LogP contribution in [-0.4, -0.2) is 59.2 Å². The molecule has 1 aliphatic heterocycles. The van der Waals surface area contributed by atoms with Crippen LogP contribution in [0.15, 0.2) is 108 Å². The topological polar surface area (TPSA) is 52.5 Å². The van der Waals surface area contributed by atoms with Crippen molar-refractivity contribution < 1.29 is 18.9 Å². The molecule has 6 heteroatoms. The zero-order chi connectivity index (χ0) is 32.9. The van der Waals surface area contributed by atoms with Crippen molar-refractivity contribution in [2.45, 2.75) is 6.92 Å². The fourth-order valence-electron chi connectivity index (χ4n) is 6.17. The summed E-state index contributed by atoms with van der Waals surface area (Å²) < 4.78 is 23.4. The smallest absolute Gasteiger partial charge is 0.168 e. The van der Waals surface area contributed by atoms with E-state index in [-0.39, 0.29) is 0 Å². The molecule has 1 heterocycles. The van der Waals surface area contributed by atoms with E-state index in [1.165, 1.54) is 0 Å². The van der Waals surface area contributed by atoms with Crippen LogP contribution in [0.4, 0.5) is 0 Å². The minimum atomic E-state index is 0.646. The van der Waals surface area contributed by atoms with Crippen molar-refractivity contribution in [3.05, 3.63) is 120 Å². The predicted octanol–water partition coefficient (Wildman–Crippen LogP) is 8.97. The summed E-state index contributed by atoms with van der Waals surface area (Å²) in [6, 6.07) is 35.9. The lowest BCUT2D eigenvalue weighted by Gasteiger charge is -2.24. The van der Waals surface area contributed by atoms with Crippen molar-refractivity contribution in [2.75, 3.05) is 48.6 Å². The van der Waals surface area contributed by atoms with Gasteiger partial charge in [-0.15, -0.1) is 0 Å². The summed E-state index contributed by atoms with van der Waals surface area (Å²) in [5, 5.41) is 0. The summed E-state index contributed by atoms with van der Waals surface area (Å²) in [5.41, 5.74) is 11.4. The average molecular weight is 625 g/mol. The van der Waals surface area contributed by atoms with Crippen LogP contribution in [0.2, 0.25) is 0 Å². The molecule has 0 atom stereocenters. The van der Waals surface area contributed by atoms with Crippen molar-refractivity contribution in [1.82, 2.24) is 4.90 Å². The lowest BCUT2D eigenvalue weighted by molar-refractivity contribution is 0.355. The molecule has 6 nitrogen and oxygen atoms in total. The quantitative estimate of drug-likeness (QED) is 0.173. The first-order valence-electron chi connectivity index (χ1n) is 15.7. The fraction of sp³-hybridized carbons (Fsp3) is 0.195. The molecule has 6 rings (SSSR count). The third-order valence-electron chi connectivity index (χ3n) is 8.67. The van der Waals surface area contributed by atoms with E-state index in [2.05, 4.69) is 96.9 Å². The SMILES string of the molecule is COc1cc2c(cc1OC)/C(C)=N/CCN(C)/C(c1cc(OC)c(OC)c(-c3cc(-c4ccccc4)cc(-c4ccccc4)c3)c1)=C\2. The lowest BCUT2D eigenvalue weighted by Crippen LogP contribution is -2.20. The summed E-state index contributed by atoms with van der Waals surface area (Å²) in [6.45, 7) is 3.42. The Morgan fingerprint density at radius 2 is 1.13 bits per heavy atom. The maximum atomic E-state index is 6.07. The van der Waals surface area contributed by atoms with Gasteiger partial charge in [0.1, 0.15) is 0 Å². The van der Waals surface area contributed by atoms with E-state index in [0.717, 1.165) is 68.0 Å². The Hall–Kier alpha value is -5.49. The van der Waals surface area contributed by atoms with Crippen molar-refractivity contribution in [2.24, 2.45) is 4.99 Å². The maximum Gasteiger partial charge on any atom is 0.168 e. The summed E-state index contributed by atoms with van der Waals surface area (Å²) in [6.07, 6.45) is 2.20. The Bertz CT molecular complexity index is 1890. The van der Waals surface area contributed by atoms with Crippen molar-refractivity contribution in [3.63, 3.8) is 0 Å². The standard InChI is InChI=1S/C41H40N2O4/c1-27-35-26-39(45-4)38(44-3)24-33(35)23-37(43(2)18-17-42-27)34-22-36(41(47-6)40(25-34)46-5)32-20-30(28-13-9-7-10-14-28)19-31(21-32)29-15-11-8-12-16-29/h7-16,19-26H,17-18H2,1-6H3/b37-23-,42-27+. The number of hydrogen-bond donors (Lipinski definition) is 0. The Morgan fingerprint density at radius 3 is 1.70 bits per heavy atom. The van der Waals surface area contributed by atoms with Gasteiger partial charge < -0.3 is 23.8 Å². The summed E-state index contributed by atoms with van der Waals surface area (Å²) in [4.78, 5) is 7.14. The van der Waals surface area contributed by atoms with Crippen LogP contribution in [0.25, 0.3) is 45.2 Å². The van der Waals surface area contributed by atoms with Crippen LogP contribution >= 0.6 is 0 Å². The number of aliphatic imine (C=N–C) groups is 1. The van der Waals surface area contributed by atoms with Crippen molar-refractivity contribution in [3.8, 4) is 56.4 Å². The van der Waals surface area contributed by atoms with Gasteiger partial charge >= 0.3 is 0 Å². The van der Waals surface area contributed by atoms with Crippen molar-refractivity contribution in [1.29, 1.82) is 0 Å². The highest BCUT2D eigenvalue weighted by Crippen LogP contribution is 2.44. The number of fused-ring (bicyclic) bond motifs is 1. The molecule has 5 aromatic carbocycles. The molecule has 0 amide bonds. The Balaban J connectivity index is 1.60. The van der Waals surface area contributed by atoms with E-state index in [9.17, 15) is 0 Å². The number of rotatable bonds is 8. The molecule has 0 saturated carbocycles. The number of nitrogens with zero attached hydrogens (tertiary/aromatic N) is 2. The number of methoxy groups -OCH3 is 4. The minimum Gasteiger partial charge on any atom is -0.493 e. The van der Waals surface area contributed by atoms with Gasteiger partial charge in [0, 0.05) is 41.7 Å². The lowest BCUT2D eigenvalue weighted by atomic mass is 9.91. The summed E-state index contributed by atoms with van der Waals surface area (Å²) in [7, 11) is 8.79. The van der Waals surface area contributed by atoms with Crippen LogP contribution in [0.5, 0.6) is 23.0 Å². The van der Waals surface area contributed by atoms with Gasteiger partial charge in [0.25, 0.3) is 0 Å². The van der Waals surface area contributed by atoms with E-state index in [1.54, 1.807) is 28.4 Å². The molecule has 0 unspecified atom stereocenters. The monoisotopic (exact) mass is 624 g/mol. The highest BCUT2D eigenvalue weighted by Gasteiger charge is 2.21. The van der Waals surface area contributed by atoms with Gasteiger partial charge in [0.2, 0.25) is 0 Å². The molecule has 0 bridgehead atoms. The molecule has 47 heavy (non-hydrogen) atoms. The third-order valence-corrected chi connectivity index (χ3v) is 8.67. The zero-order valence-electron chi connectivity index (χ0n) is 27.8. The maximum absolute atomic E-state index is 6.07. The molecule has 0 saturated heterocycles. The van der Waals surface area contributed by atoms with Gasteiger partial charge in [0.15, 0.2) is 23.0 Å². The highest BCUT2D eigenvalue weighted by atomic mass is 16.5. The molecule has 0 fully saturated rings. The molecule has 0 radical (unpaired) electrons. The minimum absolute atomic E-state index is 0.646. The number of benzene rings is 5. The predicted molar refractivity (Wildman–Crippen MR) is 193 cm³/mol. The Kier molecular flexibility index (Phi) is 9.30. The summed E-state index contributed by atoms with van der Waals surface area (Å²) >= 11 is 0. The van der Waals surface area contributed by atoms with E-state index >= 15 is 0 Å². The molecule has 0 aromatic heterocycles. The van der Waals surface area contributed by atoms with Gasteiger partial charge in [-0.1, -0.05) is 60.7 Å². The molecule has 5 aromatic rings. The normalized spacial score (nSPS) is 15.1. The van der Waals surface area contributed by atoms with Crippen LogP contribution in [0.1, 0.15) is 23.6 Å². The third kappa shape index (κ3) is 6.45. The second-order valence-corrected chi connectivity index (χ2v) is 11.5. The van der Waals surface area contributed by atoms with E-state index in [1.807, 2.05) is 31.2 Å². The highest BCUT2D eigenvalue weighted by molar-refractivity contribution is 6.04. The number of likely N-dealkylation sites (N-methyl/N-ethyl adjacent to an activating group) is 1. The van der Waals surface area contributed by atoms with Gasteiger partial charge in [-0.2, -0.15) is 0 Å². The largest absolute Gasteiger partial charge is 0.493 e. The molecule has 0 aliphatic carbocycles. The van der Waals surface area contributed by atoms with E-state index < -0.39 is 0 Å². The molecular weight excluding hydrogens is 584 g/mol. The van der Waals surface area contributed by atoms with Gasteiger partial charge in [0.05, 0.1) is 35.0 Å². The number of hydrogen-bond acceptors (Lipinski definition) is 6. The van der Waals surface area contributed by atoms with E-state index in [0.29, 0.717) is 29.5 Å². The van der Waals surface area contributed by atoms with Gasteiger partial charge in [-0.05, 0) is 88.8 Å². The molecule has 1 aliphatic rings. The molecular formula is C41H40N2O4. The Labute approximate surface area is 277 Å². The van der Waals surface area contributed by atoms with Crippen LogP contribution in [-0.2, 0) is 0 Å². The fourth-order valence-corrected chi connectivity index (χ4v) is 6.17. The second-order valence-electron chi connectivity index (χ2n) is 11.5. The van der Waals surface area contributed by atoms with E-state index in [4.69, 9.17) is 23.9 Å². The van der Waals surface area contributed by atoms with Crippen LogP contribution in [0, 0.1) is 0 Å². The van der Waals surface area contributed by atoms with Crippen molar-refractivity contribution >= 4 is 17.5 Å². The molecule has 0 spiro atoms. The average Bonchev–Trinajstić information content (AvgIpc) is 3.18. The van der Waals surface area contributed by atoms with Crippen LogP contribution in [0.3, 0.4) is 0 Å². The van der Waals surface area contributed by atoms with Gasteiger partial charge in [-0.25, -0.2) is 0 Å². The number of ether oxygens (including phenoxy) is 4. The first-order chi connectivity index (χ1) is 22.9. The Morgan fingerprint density at radius 1 is 0.553 bits per heavy atom. The second kappa shape index (κ2) is 13.9. The molecule has 0 N–H and O–H groups in total. The van der Waals surface area contributed by atoms with Crippen LogP contribution < -0.4 is 18.9 Å². The molecule has 238 valence electrons. The van der Waals surface area contributed by atoms with Gasteiger partial charge in [-0.3, -0.25) is 4.99 Å². The zero-order valence-corrected chi connectivity index (χ0v) is 27.8. The first-order valence-corrected chi connectivity index (χ1v) is 15.7. The summed E-state index contributed by atoms with van der Waals surface area (Å²) in [5.74, 6) is 2.67. The first kappa shape index (κ1) is 31.5.